The predicted octanol–water partition coefficient (Wildman–Crippen LogP) is 1.71. The number of ether oxygens (including phenoxy) is 1. The lowest BCUT2D eigenvalue weighted by molar-refractivity contribution is -0.137. The van der Waals surface area contributed by atoms with Gasteiger partial charge in [-0.1, -0.05) is 18.0 Å². The Morgan fingerprint density at radius 2 is 2.03 bits per heavy atom. The maximum atomic E-state index is 13.9. The van der Waals surface area contributed by atoms with Crippen molar-refractivity contribution in [1.29, 1.82) is 0 Å². The molecule has 1 aromatic carbocycles. The summed E-state index contributed by atoms with van der Waals surface area (Å²) in [5, 5.41) is 15.6. The number of hydrogen-bond acceptors (Lipinski definition) is 7. The average molecular weight is 557 g/mol. The number of likely N-dealkylation sites (tertiary alicyclic amines) is 1. The molecule has 0 spiro atoms. The van der Waals surface area contributed by atoms with Gasteiger partial charge in [0.05, 0.1) is 17.8 Å². The van der Waals surface area contributed by atoms with E-state index in [0.717, 1.165) is 37.7 Å². The van der Waals surface area contributed by atoms with Gasteiger partial charge < -0.3 is 25.4 Å². The van der Waals surface area contributed by atoms with Crippen LogP contribution in [0.4, 0.5) is 5.69 Å². The Morgan fingerprint density at radius 3 is 2.74 bits per heavy atom. The minimum atomic E-state index is -0.994. The molecule has 2 saturated heterocycles. The molecule has 5 atom stereocenters. The highest BCUT2D eigenvalue weighted by Crippen LogP contribution is 2.44. The fraction of sp³-hybridized carbons (Fsp3) is 0.607. The molecule has 3 aliphatic heterocycles. The zero-order chi connectivity index (χ0) is 27.3. The van der Waals surface area contributed by atoms with Crippen LogP contribution in [0.5, 0.6) is 5.75 Å². The Hall–Kier alpha value is -2.98. The van der Waals surface area contributed by atoms with Gasteiger partial charge in [-0.3, -0.25) is 19.2 Å². The van der Waals surface area contributed by atoms with Crippen molar-refractivity contribution in [1.82, 2.24) is 15.5 Å². The molecule has 5 aliphatic rings. The van der Waals surface area contributed by atoms with Gasteiger partial charge in [0.15, 0.2) is 5.78 Å². The molecule has 2 aliphatic carbocycles. The van der Waals surface area contributed by atoms with Crippen molar-refractivity contribution in [2.24, 2.45) is 22.7 Å². The number of benzene rings is 1. The quantitative estimate of drug-likeness (QED) is 0.423. The van der Waals surface area contributed by atoms with E-state index in [9.17, 15) is 24.3 Å². The van der Waals surface area contributed by atoms with E-state index in [2.05, 4.69) is 15.6 Å². The van der Waals surface area contributed by atoms with Crippen LogP contribution in [0.25, 0.3) is 0 Å². The van der Waals surface area contributed by atoms with Gasteiger partial charge in [0, 0.05) is 36.0 Å². The van der Waals surface area contributed by atoms with E-state index in [-0.39, 0.29) is 36.2 Å². The van der Waals surface area contributed by atoms with Crippen LogP contribution in [0.3, 0.4) is 0 Å². The van der Waals surface area contributed by atoms with E-state index in [1.54, 1.807) is 17.0 Å². The monoisotopic (exact) mass is 556 g/mol. The number of nitrogens with one attached hydrogen (secondary N) is 2. The molecule has 4 fully saturated rings. The summed E-state index contributed by atoms with van der Waals surface area (Å²) in [6.45, 7) is 0.240. The number of Topliss-reactive ketones (excluding diaryl/α,β-unsaturated/α-hetero) is 1. The van der Waals surface area contributed by atoms with Gasteiger partial charge >= 0.3 is 0 Å². The summed E-state index contributed by atoms with van der Waals surface area (Å²) < 4.78 is 6.03. The molecule has 3 amide bonds. The maximum Gasteiger partial charge on any atom is 0.269 e. The van der Waals surface area contributed by atoms with Gasteiger partial charge in [-0.05, 0) is 62.5 Å². The second-order valence-electron chi connectivity index (χ2n) is 11.4. The first kappa shape index (κ1) is 26.3. The van der Waals surface area contributed by atoms with Gasteiger partial charge in [0.25, 0.3) is 5.91 Å². The Kier molecular flexibility index (Phi) is 7.09. The number of amides is 3. The van der Waals surface area contributed by atoms with Crippen molar-refractivity contribution in [3.8, 4) is 5.75 Å². The van der Waals surface area contributed by atoms with E-state index in [0.29, 0.717) is 48.1 Å². The lowest BCUT2D eigenvalue weighted by atomic mass is 9.92. The second-order valence-corrected chi connectivity index (χ2v) is 11.8. The van der Waals surface area contributed by atoms with Gasteiger partial charge in [0.1, 0.15) is 24.1 Å². The normalized spacial score (nSPS) is 28.0. The molecule has 11 heteroatoms. The molecule has 208 valence electrons. The van der Waals surface area contributed by atoms with Crippen molar-refractivity contribution >= 4 is 46.5 Å². The van der Waals surface area contributed by atoms with Crippen LogP contribution in [0.2, 0.25) is 5.02 Å². The molecule has 6 rings (SSSR count). The first-order chi connectivity index (χ1) is 18.8. The zero-order valence-electron chi connectivity index (χ0n) is 21.7. The lowest BCUT2D eigenvalue weighted by Gasteiger charge is -2.29. The number of carbonyl (C=O) groups excluding carboxylic acids is 4. The van der Waals surface area contributed by atoms with Crippen molar-refractivity contribution in [3.63, 3.8) is 0 Å². The summed E-state index contributed by atoms with van der Waals surface area (Å²) in [5.41, 5.74) is 1.79. The Labute approximate surface area is 231 Å². The SMILES string of the molecule is O=C(CO)C(C[C@@H]1CCNC1=O)NC(=O)[C@@H]1[C@H]2CCC[C@H]2CN1C(=O)C1=Nc2cc(Cl)cc(OC3CC3)c2C1. The van der Waals surface area contributed by atoms with Crippen LogP contribution in [0.15, 0.2) is 17.1 Å². The minimum absolute atomic E-state index is 0.0128. The van der Waals surface area contributed by atoms with Crippen molar-refractivity contribution in [2.45, 2.75) is 69.6 Å². The molecule has 2 saturated carbocycles. The highest BCUT2D eigenvalue weighted by Gasteiger charge is 2.51. The number of carbonyl (C=O) groups is 4. The Balaban J connectivity index is 1.21. The molecule has 0 aromatic heterocycles. The fourth-order valence-electron chi connectivity index (χ4n) is 6.63. The summed E-state index contributed by atoms with van der Waals surface area (Å²) in [7, 11) is 0. The largest absolute Gasteiger partial charge is 0.490 e. The molecule has 39 heavy (non-hydrogen) atoms. The van der Waals surface area contributed by atoms with Gasteiger partial charge in [-0.2, -0.15) is 0 Å². The second kappa shape index (κ2) is 10.5. The number of aliphatic imine (C=N–C) groups is 1. The number of hydrogen-bond donors (Lipinski definition) is 3. The van der Waals surface area contributed by atoms with Gasteiger partial charge in [-0.25, -0.2) is 4.99 Å². The molecule has 10 nitrogen and oxygen atoms in total. The highest BCUT2D eigenvalue weighted by molar-refractivity contribution is 6.41. The topological polar surface area (TPSA) is 137 Å². The standard InChI is InChI=1S/C28H33ClN4O6/c29-16-9-20-19(24(10-16)39-17-4-5-17)11-22(31-20)28(38)33-12-15-2-1-3-18(15)25(33)27(37)32-21(23(35)13-34)8-14-6-7-30-26(14)36/h9-10,14-15,17-18,21,25,34H,1-8,11-13H2,(H,30,36)(H,32,37)/t14-,15-,18-,21?,25-/m0/s1. The fourth-order valence-corrected chi connectivity index (χ4v) is 6.83. The summed E-state index contributed by atoms with van der Waals surface area (Å²) in [6, 6.07) is 1.75. The molecular formula is C28H33ClN4O6. The minimum Gasteiger partial charge on any atom is -0.490 e. The number of ketones is 1. The number of halogens is 1. The van der Waals surface area contributed by atoms with Crippen molar-refractivity contribution < 1.29 is 29.0 Å². The number of rotatable bonds is 9. The highest BCUT2D eigenvalue weighted by atomic mass is 35.5. The molecule has 0 radical (unpaired) electrons. The van der Waals surface area contributed by atoms with Crippen LogP contribution in [0.1, 0.15) is 50.5 Å². The predicted molar refractivity (Wildman–Crippen MR) is 142 cm³/mol. The maximum absolute atomic E-state index is 13.9. The van der Waals surface area contributed by atoms with E-state index in [1.807, 2.05) is 0 Å². The third-order valence-electron chi connectivity index (χ3n) is 8.78. The van der Waals surface area contributed by atoms with Gasteiger partial charge in [0.2, 0.25) is 11.8 Å². The molecule has 1 unspecified atom stereocenters. The molecule has 1 aromatic rings. The van der Waals surface area contributed by atoms with Gasteiger partial charge in [-0.15, -0.1) is 0 Å². The van der Waals surface area contributed by atoms with Crippen LogP contribution in [-0.2, 0) is 25.6 Å². The third kappa shape index (κ3) is 5.16. The van der Waals surface area contributed by atoms with Crippen LogP contribution >= 0.6 is 11.6 Å². The summed E-state index contributed by atoms with van der Waals surface area (Å²) in [4.78, 5) is 58.5. The first-order valence-corrected chi connectivity index (χ1v) is 14.3. The molecule has 0 bridgehead atoms. The Bertz CT molecular complexity index is 1250. The molecule has 3 N–H and O–H groups in total. The number of aliphatic hydroxyl groups is 1. The Morgan fingerprint density at radius 1 is 1.21 bits per heavy atom. The van der Waals surface area contributed by atoms with E-state index < -0.39 is 36.3 Å². The van der Waals surface area contributed by atoms with Crippen molar-refractivity contribution in [2.75, 3.05) is 19.7 Å². The number of nitrogens with zero attached hydrogens (tertiary/aromatic N) is 2. The summed E-state index contributed by atoms with van der Waals surface area (Å²) >= 11 is 6.30. The van der Waals surface area contributed by atoms with E-state index in [1.165, 1.54) is 0 Å². The summed E-state index contributed by atoms with van der Waals surface area (Å²) in [5.74, 6) is -0.979. The number of fused-ring (bicyclic) bond motifs is 2. The number of aliphatic hydroxyl groups excluding tert-OH is 1. The van der Waals surface area contributed by atoms with E-state index in [4.69, 9.17) is 16.3 Å². The average Bonchev–Trinajstić information content (AvgIpc) is 3.25. The smallest absolute Gasteiger partial charge is 0.269 e. The lowest BCUT2D eigenvalue weighted by Crippen LogP contribution is -2.54. The van der Waals surface area contributed by atoms with Crippen LogP contribution < -0.4 is 15.4 Å². The summed E-state index contributed by atoms with van der Waals surface area (Å²) in [6.07, 6.45) is 5.88. The van der Waals surface area contributed by atoms with Crippen molar-refractivity contribution in [3.05, 3.63) is 22.7 Å². The van der Waals surface area contributed by atoms with Crippen LogP contribution in [0, 0.1) is 17.8 Å². The molecule has 3 heterocycles. The first-order valence-electron chi connectivity index (χ1n) is 13.9. The molecular weight excluding hydrogens is 524 g/mol. The zero-order valence-corrected chi connectivity index (χ0v) is 22.4. The third-order valence-corrected chi connectivity index (χ3v) is 9.00. The van der Waals surface area contributed by atoms with Crippen LogP contribution in [-0.4, -0.2) is 77.1 Å². The van der Waals surface area contributed by atoms with E-state index >= 15 is 0 Å².